The minimum absolute atomic E-state index is 0.202. The fraction of sp³-hybridized carbons (Fsp3) is 0.333. The van der Waals surface area contributed by atoms with Gasteiger partial charge in [0.2, 0.25) is 0 Å². The van der Waals surface area contributed by atoms with E-state index in [2.05, 4.69) is 57.3 Å². The summed E-state index contributed by atoms with van der Waals surface area (Å²) in [5, 5.41) is 5.36. The van der Waals surface area contributed by atoms with Crippen LogP contribution in [-0.4, -0.2) is 29.8 Å². The van der Waals surface area contributed by atoms with Gasteiger partial charge in [-0.3, -0.25) is 14.5 Å². The summed E-state index contributed by atoms with van der Waals surface area (Å²) in [6.45, 7) is 9.78. The Hall–Kier alpha value is -4.12. The largest absolute Gasteiger partial charge is 0.398 e. The van der Waals surface area contributed by atoms with Gasteiger partial charge in [-0.1, -0.05) is 76.2 Å². The van der Waals surface area contributed by atoms with Crippen LogP contribution in [-0.2, 0) is 32.1 Å². The summed E-state index contributed by atoms with van der Waals surface area (Å²) in [6.07, 6.45) is 5.28. The number of nitrogens with one attached hydrogen (secondary N) is 1. The molecule has 4 aromatic carbocycles. The Labute approximate surface area is 243 Å². The van der Waals surface area contributed by atoms with E-state index in [0.717, 1.165) is 48.6 Å². The van der Waals surface area contributed by atoms with Crippen LogP contribution in [0.3, 0.4) is 0 Å². The molecule has 4 aromatic rings. The second-order valence-electron chi connectivity index (χ2n) is 11.0. The van der Waals surface area contributed by atoms with Crippen LogP contribution in [0.5, 0.6) is 0 Å². The highest BCUT2D eigenvalue weighted by Gasteiger charge is 2.32. The molecule has 0 fully saturated rings. The number of anilines is 2. The van der Waals surface area contributed by atoms with Gasteiger partial charge in [0, 0.05) is 41.0 Å². The molecular formula is C36H41N3O2. The molecule has 41 heavy (non-hydrogen) atoms. The molecule has 2 amide bonds. The number of nitrogens with two attached hydrogens (primary N) is 1. The van der Waals surface area contributed by atoms with E-state index in [1.54, 1.807) is 0 Å². The van der Waals surface area contributed by atoms with Crippen molar-refractivity contribution >= 4 is 34.0 Å². The van der Waals surface area contributed by atoms with Crippen molar-refractivity contribution in [2.24, 2.45) is 0 Å². The van der Waals surface area contributed by atoms with E-state index in [1.807, 2.05) is 36.4 Å². The van der Waals surface area contributed by atoms with Crippen molar-refractivity contribution in [2.75, 3.05) is 24.1 Å². The summed E-state index contributed by atoms with van der Waals surface area (Å²) in [6, 6.07) is 20.5. The molecule has 0 aliphatic carbocycles. The molecule has 0 saturated carbocycles. The molecular weight excluding hydrogens is 506 g/mol. The lowest BCUT2D eigenvalue weighted by atomic mass is 9.92. The molecule has 5 heteroatoms. The molecule has 3 N–H and O–H groups in total. The average Bonchev–Trinajstić information content (AvgIpc) is 3.00. The number of carbonyl (C=O) groups is 2. The Bertz CT molecular complexity index is 1520. The first-order valence-electron chi connectivity index (χ1n) is 15.1. The van der Waals surface area contributed by atoms with Crippen molar-refractivity contribution in [3.05, 3.63) is 105 Å². The molecule has 0 spiro atoms. The number of aryl methyl sites for hydroxylation is 4. The minimum Gasteiger partial charge on any atom is -0.398 e. The van der Waals surface area contributed by atoms with E-state index in [4.69, 9.17) is 5.73 Å². The Morgan fingerprint density at radius 3 is 1.68 bits per heavy atom. The number of hydrogen-bond acceptors (Lipinski definition) is 4. The normalized spacial score (nSPS) is 12.8. The van der Waals surface area contributed by atoms with Crippen LogP contribution >= 0.6 is 0 Å². The number of imide groups is 1. The molecule has 0 atom stereocenters. The molecule has 212 valence electrons. The van der Waals surface area contributed by atoms with Crippen molar-refractivity contribution in [3.63, 3.8) is 0 Å². The predicted octanol–water partition coefficient (Wildman–Crippen LogP) is 7.36. The van der Waals surface area contributed by atoms with Crippen LogP contribution in [0.4, 0.5) is 11.4 Å². The van der Waals surface area contributed by atoms with E-state index < -0.39 is 0 Å². The van der Waals surface area contributed by atoms with Gasteiger partial charge in [-0.15, -0.1) is 0 Å². The number of rotatable bonds is 11. The van der Waals surface area contributed by atoms with Crippen LogP contribution in [0.15, 0.2) is 60.7 Å². The number of carbonyl (C=O) groups excluding carboxylic acids is 2. The molecule has 1 heterocycles. The lowest BCUT2D eigenvalue weighted by Crippen LogP contribution is -2.41. The van der Waals surface area contributed by atoms with E-state index >= 15 is 0 Å². The van der Waals surface area contributed by atoms with Crippen LogP contribution in [0, 0.1) is 0 Å². The van der Waals surface area contributed by atoms with Gasteiger partial charge in [0.25, 0.3) is 11.8 Å². The van der Waals surface area contributed by atoms with Gasteiger partial charge >= 0.3 is 0 Å². The highest BCUT2D eigenvalue weighted by Crippen LogP contribution is 2.31. The number of nitrogen functional groups attached to an aromatic ring is 1. The highest BCUT2D eigenvalue weighted by atomic mass is 16.2. The Balaban J connectivity index is 1.29. The molecule has 0 bridgehead atoms. The van der Waals surface area contributed by atoms with Crippen molar-refractivity contribution in [2.45, 2.75) is 66.2 Å². The zero-order valence-electron chi connectivity index (χ0n) is 24.8. The van der Waals surface area contributed by atoms with Gasteiger partial charge in [0.1, 0.15) is 0 Å². The van der Waals surface area contributed by atoms with Crippen molar-refractivity contribution < 1.29 is 9.59 Å². The molecule has 5 rings (SSSR count). The molecule has 0 unspecified atom stereocenters. The maximum atomic E-state index is 13.2. The Morgan fingerprint density at radius 1 is 0.707 bits per heavy atom. The molecule has 1 aliphatic rings. The van der Waals surface area contributed by atoms with Gasteiger partial charge in [0.15, 0.2) is 0 Å². The third-order valence-electron chi connectivity index (χ3n) is 8.42. The zero-order valence-corrected chi connectivity index (χ0v) is 24.8. The topological polar surface area (TPSA) is 75.4 Å². The van der Waals surface area contributed by atoms with Gasteiger partial charge in [-0.25, -0.2) is 0 Å². The molecule has 0 radical (unpaired) electrons. The first kappa shape index (κ1) is 28.4. The van der Waals surface area contributed by atoms with Crippen molar-refractivity contribution in [3.8, 4) is 0 Å². The standard InChI is InChI=1S/C36H41N3O2/c1-5-25-19-23(20-26(6-2)33(25)37)18-24-21-27(7-3)34(28(8-4)22-24)38-16-11-17-39-35(40)30-14-9-12-29-13-10-15-31(32(29)30)36(39)41/h9-10,12-15,19-22,38H,5-8,11,16-18,37H2,1-4H3. The molecule has 1 aliphatic heterocycles. The van der Waals surface area contributed by atoms with Crippen LogP contribution in [0.1, 0.15) is 88.2 Å². The summed E-state index contributed by atoms with van der Waals surface area (Å²) < 4.78 is 0. The summed E-state index contributed by atoms with van der Waals surface area (Å²) in [5.74, 6) is -0.403. The summed E-state index contributed by atoms with van der Waals surface area (Å²) in [7, 11) is 0. The number of nitrogens with zero attached hydrogens (tertiary/aromatic N) is 1. The third kappa shape index (κ3) is 5.46. The van der Waals surface area contributed by atoms with Gasteiger partial charge < -0.3 is 11.1 Å². The second-order valence-corrected chi connectivity index (χ2v) is 11.0. The second kappa shape index (κ2) is 12.2. The monoisotopic (exact) mass is 547 g/mol. The predicted molar refractivity (Wildman–Crippen MR) is 170 cm³/mol. The SMILES string of the molecule is CCc1cc(Cc2cc(CC)c(NCCCN3C(=O)c4cccc5cccc(c45)C3=O)c(CC)c2)cc(CC)c1N. The fourth-order valence-electron chi connectivity index (χ4n) is 6.23. The number of amides is 2. The Morgan fingerprint density at radius 2 is 1.20 bits per heavy atom. The van der Waals surface area contributed by atoms with Gasteiger partial charge in [0.05, 0.1) is 0 Å². The zero-order chi connectivity index (χ0) is 29.1. The van der Waals surface area contributed by atoms with Gasteiger partial charge in [-0.2, -0.15) is 0 Å². The fourth-order valence-corrected chi connectivity index (χ4v) is 6.23. The van der Waals surface area contributed by atoms with Crippen molar-refractivity contribution in [1.29, 1.82) is 0 Å². The maximum absolute atomic E-state index is 13.2. The molecule has 5 nitrogen and oxygen atoms in total. The van der Waals surface area contributed by atoms with Crippen LogP contribution < -0.4 is 11.1 Å². The highest BCUT2D eigenvalue weighted by molar-refractivity contribution is 6.25. The quantitative estimate of drug-likeness (QED) is 0.117. The molecule has 0 aromatic heterocycles. The van der Waals surface area contributed by atoms with Crippen LogP contribution in [0.2, 0.25) is 0 Å². The van der Waals surface area contributed by atoms with E-state index in [1.165, 1.54) is 44.0 Å². The first-order valence-corrected chi connectivity index (χ1v) is 15.1. The van der Waals surface area contributed by atoms with Crippen LogP contribution in [0.25, 0.3) is 10.8 Å². The smallest absolute Gasteiger partial charge is 0.261 e. The first-order chi connectivity index (χ1) is 19.9. The summed E-state index contributed by atoms with van der Waals surface area (Å²) in [4.78, 5) is 27.9. The lowest BCUT2D eigenvalue weighted by Gasteiger charge is -2.27. The maximum Gasteiger partial charge on any atom is 0.261 e. The third-order valence-corrected chi connectivity index (χ3v) is 8.42. The molecule has 0 saturated heterocycles. The van der Waals surface area contributed by atoms with E-state index in [0.29, 0.717) is 30.6 Å². The van der Waals surface area contributed by atoms with Gasteiger partial charge in [-0.05, 0) is 89.4 Å². The van der Waals surface area contributed by atoms with Crippen molar-refractivity contribution in [1.82, 2.24) is 4.90 Å². The van der Waals surface area contributed by atoms with E-state index in [-0.39, 0.29) is 11.8 Å². The minimum atomic E-state index is -0.202. The number of benzene rings is 4. The van der Waals surface area contributed by atoms with E-state index in [9.17, 15) is 9.59 Å². The summed E-state index contributed by atoms with van der Waals surface area (Å²) >= 11 is 0. The Kier molecular flexibility index (Phi) is 8.44. The lowest BCUT2D eigenvalue weighted by molar-refractivity contribution is 0.0610. The number of hydrogen-bond donors (Lipinski definition) is 2. The average molecular weight is 548 g/mol. The summed E-state index contributed by atoms with van der Waals surface area (Å²) in [5.41, 5.74) is 17.4.